The molecule has 0 radical (unpaired) electrons. The molecule has 1 aromatic carbocycles. The standard InChI is InChI=1S/C13H11ClN2O2/c1-8-6-9(7-15-12(8)14)16-13(18)10-4-2-3-5-11(10)17/h2-7,17H,1H3,(H,16,18). The van der Waals surface area contributed by atoms with Gasteiger partial charge < -0.3 is 10.4 Å². The van der Waals surface area contributed by atoms with Crippen LogP contribution in [0, 0.1) is 6.92 Å². The fourth-order valence-corrected chi connectivity index (χ4v) is 1.59. The number of halogens is 1. The van der Waals surface area contributed by atoms with Crippen molar-refractivity contribution in [1.82, 2.24) is 4.98 Å². The average molecular weight is 263 g/mol. The summed E-state index contributed by atoms with van der Waals surface area (Å²) in [5.41, 5.74) is 1.52. The topological polar surface area (TPSA) is 62.2 Å². The molecule has 0 aliphatic carbocycles. The molecule has 0 atom stereocenters. The van der Waals surface area contributed by atoms with Crippen molar-refractivity contribution in [3.63, 3.8) is 0 Å². The highest BCUT2D eigenvalue weighted by molar-refractivity contribution is 6.30. The highest BCUT2D eigenvalue weighted by Gasteiger charge is 2.10. The van der Waals surface area contributed by atoms with Crippen LogP contribution in [-0.4, -0.2) is 16.0 Å². The molecule has 4 nitrogen and oxygen atoms in total. The molecule has 1 aromatic heterocycles. The summed E-state index contributed by atoms with van der Waals surface area (Å²) in [7, 11) is 0. The molecule has 0 aliphatic rings. The van der Waals surface area contributed by atoms with Crippen molar-refractivity contribution >= 4 is 23.2 Å². The zero-order chi connectivity index (χ0) is 13.1. The maximum Gasteiger partial charge on any atom is 0.259 e. The lowest BCUT2D eigenvalue weighted by Crippen LogP contribution is -2.12. The monoisotopic (exact) mass is 262 g/mol. The van der Waals surface area contributed by atoms with Gasteiger partial charge in [0.25, 0.3) is 5.91 Å². The summed E-state index contributed by atoms with van der Waals surface area (Å²) in [6, 6.07) is 8.05. The van der Waals surface area contributed by atoms with Gasteiger partial charge in [-0.2, -0.15) is 0 Å². The number of hydrogen-bond acceptors (Lipinski definition) is 3. The van der Waals surface area contributed by atoms with Crippen LogP contribution in [0.25, 0.3) is 0 Å². The largest absolute Gasteiger partial charge is 0.507 e. The normalized spacial score (nSPS) is 10.1. The molecule has 2 N–H and O–H groups in total. The van der Waals surface area contributed by atoms with E-state index in [1.807, 2.05) is 0 Å². The summed E-state index contributed by atoms with van der Waals surface area (Å²) in [5, 5.41) is 12.6. The predicted octanol–water partition coefficient (Wildman–Crippen LogP) is 3.00. The first-order valence-electron chi connectivity index (χ1n) is 5.29. The number of nitrogens with zero attached hydrogens (tertiary/aromatic N) is 1. The number of para-hydroxylation sites is 1. The highest BCUT2D eigenvalue weighted by Crippen LogP contribution is 2.19. The number of nitrogens with one attached hydrogen (secondary N) is 1. The number of amides is 1. The van der Waals surface area contributed by atoms with E-state index in [0.717, 1.165) is 5.56 Å². The molecular weight excluding hydrogens is 252 g/mol. The first-order chi connectivity index (χ1) is 8.58. The Kier molecular flexibility index (Phi) is 3.48. The van der Waals surface area contributed by atoms with Crippen molar-refractivity contribution in [3.8, 4) is 5.75 Å². The van der Waals surface area contributed by atoms with Crippen molar-refractivity contribution in [2.24, 2.45) is 0 Å². The van der Waals surface area contributed by atoms with Gasteiger partial charge in [0, 0.05) is 0 Å². The first-order valence-corrected chi connectivity index (χ1v) is 5.67. The molecule has 0 saturated carbocycles. The molecule has 2 rings (SSSR count). The summed E-state index contributed by atoms with van der Waals surface area (Å²) < 4.78 is 0. The summed E-state index contributed by atoms with van der Waals surface area (Å²) in [4.78, 5) is 15.8. The second kappa shape index (κ2) is 5.06. The van der Waals surface area contributed by atoms with Crippen LogP contribution < -0.4 is 5.32 Å². The number of phenolic OH excluding ortho intramolecular Hbond substituents is 1. The number of pyridine rings is 1. The number of aryl methyl sites for hydroxylation is 1. The molecule has 1 amide bonds. The maximum atomic E-state index is 11.9. The van der Waals surface area contributed by atoms with Gasteiger partial charge in [0.2, 0.25) is 0 Å². The number of aromatic nitrogens is 1. The van der Waals surface area contributed by atoms with Gasteiger partial charge in [-0.05, 0) is 30.7 Å². The minimum Gasteiger partial charge on any atom is -0.507 e. The molecule has 0 unspecified atom stereocenters. The lowest BCUT2D eigenvalue weighted by molar-refractivity contribution is 0.102. The van der Waals surface area contributed by atoms with E-state index in [4.69, 9.17) is 11.6 Å². The van der Waals surface area contributed by atoms with Crippen LogP contribution in [0.4, 0.5) is 5.69 Å². The molecule has 0 bridgehead atoms. The lowest BCUT2D eigenvalue weighted by Gasteiger charge is -2.07. The Labute approximate surface area is 109 Å². The van der Waals surface area contributed by atoms with Crippen molar-refractivity contribution in [2.45, 2.75) is 6.92 Å². The van der Waals surface area contributed by atoms with E-state index in [1.165, 1.54) is 12.3 Å². The number of benzene rings is 1. The first kappa shape index (κ1) is 12.4. The molecule has 1 heterocycles. The zero-order valence-corrected chi connectivity index (χ0v) is 10.4. The summed E-state index contributed by atoms with van der Waals surface area (Å²) in [6.07, 6.45) is 1.47. The van der Waals surface area contributed by atoms with Crippen LogP contribution in [0.3, 0.4) is 0 Å². The fraction of sp³-hybridized carbons (Fsp3) is 0.0769. The Hall–Kier alpha value is -2.07. The lowest BCUT2D eigenvalue weighted by atomic mass is 10.2. The smallest absolute Gasteiger partial charge is 0.259 e. The van der Waals surface area contributed by atoms with Gasteiger partial charge in [-0.1, -0.05) is 23.7 Å². The van der Waals surface area contributed by atoms with Crippen molar-refractivity contribution in [3.05, 3.63) is 52.8 Å². The van der Waals surface area contributed by atoms with E-state index in [0.29, 0.717) is 10.8 Å². The Bertz CT molecular complexity index is 599. The van der Waals surface area contributed by atoms with E-state index in [1.54, 1.807) is 31.2 Å². The van der Waals surface area contributed by atoms with E-state index in [2.05, 4.69) is 10.3 Å². The third-order valence-electron chi connectivity index (χ3n) is 2.42. The molecular formula is C13H11ClN2O2. The maximum absolute atomic E-state index is 11.9. The SMILES string of the molecule is Cc1cc(NC(=O)c2ccccc2O)cnc1Cl. The predicted molar refractivity (Wildman–Crippen MR) is 70.0 cm³/mol. The third-order valence-corrected chi connectivity index (χ3v) is 2.82. The Balaban J connectivity index is 2.22. The van der Waals surface area contributed by atoms with Crippen molar-refractivity contribution in [1.29, 1.82) is 0 Å². The van der Waals surface area contributed by atoms with Gasteiger partial charge in [-0.25, -0.2) is 4.98 Å². The van der Waals surface area contributed by atoms with E-state index < -0.39 is 5.91 Å². The van der Waals surface area contributed by atoms with E-state index in [9.17, 15) is 9.90 Å². The Morgan fingerprint density at radius 1 is 1.39 bits per heavy atom. The number of carbonyl (C=O) groups excluding carboxylic acids is 1. The number of anilines is 1. The minimum atomic E-state index is -0.392. The Morgan fingerprint density at radius 2 is 2.11 bits per heavy atom. The zero-order valence-electron chi connectivity index (χ0n) is 9.64. The molecule has 5 heteroatoms. The van der Waals surface area contributed by atoms with Crippen molar-refractivity contribution < 1.29 is 9.90 Å². The van der Waals surface area contributed by atoms with Gasteiger partial charge in [0.1, 0.15) is 10.9 Å². The van der Waals surface area contributed by atoms with Crippen LogP contribution >= 0.6 is 11.6 Å². The second-order valence-electron chi connectivity index (χ2n) is 3.80. The van der Waals surface area contributed by atoms with E-state index in [-0.39, 0.29) is 11.3 Å². The molecule has 92 valence electrons. The number of hydrogen-bond donors (Lipinski definition) is 2. The molecule has 18 heavy (non-hydrogen) atoms. The number of phenols is 1. The van der Waals surface area contributed by atoms with Crippen LogP contribution in [0.15, 0.2) is 36.5 Å². The Morgan fingerprint density at radius 3 is 2.78 bits per heavy atom. The fourth-order valence-electron chi connectivity index (χ4n) is 1.49. The number of rotatable bonds is 2. The third kappa shape index (κ3) is 2.60. The van der Waals surface area contributed by atoms with E-state index >= 15 is 0 Å². The minimum absolute atomic E-state index is 0.0614. The van der Waals surface area contributed by atoms with Gasteiger partial charge in [-0.15, -0.1) is 0 Å². The summed E-state index contributed by atoms with van der Waals surface area (Å²) in [6.45, 7) is 1.80. The molecule has 2 aromatic rings. The second-order valence-corrected chi connectivity index (χ2v) is 4.16. The van der Waals surface area contributed by atoms with Gasteiger partial charge in [0.15, 0.2) is 0 Å². The highest BCUT2D eigenvalue weighted by atomic mass is 35.5. The van der Waals surface area contributed by atoms with Crippen molar-refractivity contribution in [2.75, 3.05) is 5.32 Å². The quantitative estimate of drug-likeness (QED) is 0.818. The molecule has 0 aliphatic heterocycles. The van der Waals surface area contributed by atoms with Gasteiger partial charge in [0.05, 0.1) is 17.4 Å². The molecule has 0 saturated heterocycles. The van der Waals surface area contributed by atoms with Crippen LogP contribution in [0.1, 0.15) is 15.9 Å². The number of carbonyl (C=O) groups is 1. The van der Waals surface area contributed by atoms with Gasteiger partial charge in [-0.3, -0.25) is 4.79 Å². The average Bonchev–Trinajstić information content (AvgIpc) is 2.34. The van der Waals surface area contributed by atoms with Crippen LogP contribution in [-0.2, 0) is 0 Å². The molecule has 0 fully saturated rings. The van der Waals surface area contributed by atoms with Crippen LogP contribution in [0.5, 0.6) is 5.75 Å². The van der Waals surface area contributed by atoms with Crippen LogP contribution in [0.2, 0.25) is 5.15 Å². The summed E-state index contributed by atoms with van der Waals surface area (Å²) in [5.74, 6) is -0.453. The summed E-state index contributed by atoms with van der Waals surface area (Å²) >= 11 is 5.80. The molecule has 0 spiro atoms. The number of aromatic hydroxyl groups is 1. The van der Waals surface area contributed by atoms with Gasteiger partial charge >= 0.3 is 0 Å².